The Labute approximate surface area is 844 Å². The maximum Gasteiger partial charge on any atom is 1.00 e. The van der Waals surface area contributed by atoms with Crippen LogP contribution in [0.1, 0.15) is 247 Å². The predicted octanol–water partition coefficient (Wildman–Crippen LogP) is 13.0. The van der Waals surface area contributed by atoms with Crippen LogP contribution < -0.4 is 136 Å². The number of hydrogen-bond acceptors (Lipinski definition) is 14. The number of carbonyl (C=O) groups is 5. The van der Waals surface area contributed by atoms with Gasteiger partial charge in [0, 0.05) is 57.1 Å². The molecule has 18 nitrogen and oxygen atoms in total. The van der Waals surface area contributed by atoms with Crippen molar-refractivity contribution in [2.45, 2.75) is 275 Å². The summed E-state index contributed by atoms with van der Waals surface area (Å²) in [5.74, 6) is 9.37. The Morgan fingerprint density at radius 1 is 0.472 bits per heavy atom. The quantitative estimate of drug-likeness (QED) is 0.00356. The maximum absolute atomic E-state index is 12.0. The molecule has 0 heterocycles. The third kappa shape index (κ3) is 73.9. The molecule has 686 valence electrons. The van der Waals surface area contributed by atoms with Crippen molar-refractivity contribution < 1.29 is 195 Å². The largest absolute Gasteiger partial charge is 1.00 e. The fourth-order valence-corrected chi connectivity index (χ4v) is 11.0. The van der Waals surface area contributed by atoms with E-state index in [1.807, 2.05) is 161 Å². The van der Waals surface area contributed by atoms with Gasteiger partial charge in [-0.25, -0.2) is 0 Å². The number of aliphatic carboxylic acids is 1. The first-order valence-corrected chi connectivity index (χ1v) is 41.0. The van der Waals surface area contributed by atoms with Gasteiger partial charge in [-0.3, -0.25) is 24.0 Å². The fraction of sp³-hybridized carbons (Fsp3) is 0.500. The number of terminal acetylenes is 1. The molecule has 0 fully saturated rings. The van der Waals surface area contributed by atoms with E-state index in [0.717, 1.165) is 111 Å². The van der Waals surface area contributed by atoms with Gasteiger partial charge in [0.25, 0.3) is 6.47 Å². The number of aryl methyl sites for hydroxylation is 7. The molecule has 0 spiro atoms. The Morgan fingerprint density at radius 3 is 1.01 bits per heavy atom. The Hall–Kier alpha value is -4.68. The molecular formula is C94H142Br3F6K2N5O13. The van der Waals surface area contributed by atoms with Gasteiger partial charge in [0.15, 0.2) is 0 Å². The summed E-state index contributed by atoms with van der Waals surface area (Å²) in [6.45, 7) is 18.7. The summed E-state index contributed by atoms with van der Waals surface area (Å²) in [7, 11) is 0. The molecule has 0 saturated heterocycles. The zero-order valence-electron chi connectivity index (χ0n) is 71.3. The Morgan fingerprint density at radius 2 is 0.748 bits per heavy atom. The van der Waals surface area contributed by atoms with Crippen molar-refractivity contribution in [2.24, 2.45) is 17.2 Å². The molecule has 0 aliphatic heterocycles. The fourth-order valence-electron chi connectivity index (χ4n) is 9.61. The second kappa shape index (κ2) is 81.8. The van der Waals surface area contributed by atoms with Gasteiger partial charge in [-0.2, -0.15) is 26.3 Å². The van der Waals surface area contributed by atoms with Crippen LogP contribution in [0.5, 0.6) is 0 Å². The molecule has 0 saturated carbocycles. The Kier molecular flexibility index (Phi) is 92.3. The first-order valence-electron chi connectivity index (χ1n) is 38.6. The van der Waals surface area contributed by atoms with Gasteiger partial charge in [0.2, 0.25) is 5.91 Å². The molecule has 6 rings (SSSR count). The van der Waals surface area contributed by atoms with E-state index in [2.05, 4.69) is 133 Å². The minimum atomic E-state index is -4.84. The molecular weight excluding hydrogens is 1840 g/mol. The summed E-state index contributed by atoms with van der Waals surface area (Å²) in [6.07, 6.45) is 10.5. The van der Waals surface area contributed by atoms with Gasteiger partial charge in [-0.15, -0.1) is 6.42 Å². The van der Waals surface area contributed by atoms with Crippen molar-refractivity contribution in [2.75, 3.05) is 32.8 Å². The monoisotopic (exact) mass is 1980 g/mol. The molecule has 0 bridgehead atoms. The van der Waals surface area contributed by atoms with Crippen molar-refractivity contribution in [3.05, 3.63) is 209 Å². The van der Waals surface area contributed by atoms with Gasteiger partial charge in [-0.05, 0) is 248 Å². The van der Waals surface area contributed by atoms with Crippen LogP contribution in [0.15, 0.2) is 159 Å². The Balaban J connectivity index is -0.000000132. The molecule has 0 aromatic heterocycles. The van der Waals surface area contributed by atoms with Crippen LogP contribution in [0.2, 0.25) is 0 Å². The predicted molar refractivity (Wildman–Crippen MR) is 492 cm³/mol. The van der Waals surface area contributed by atoms with Crippen molar-refractivity contribution in [1.82, 2.24) is 10.6 Å². The van der Waals surface area contributed by atoms with Crippen LogP contribution in [0.3, 0.4) is 0 Å². The normalized spacial score (nSPS) is 10.1. The summed E-state index contributed by atoms with van der Waals surface area (Å²) in [6, 6.07) is 47.2. The van der Waals surface area contributed by atoms with Gasteiger partial charge >= 0.3 is 133 Å². The minimum Gasteiger partial charge on any atom is -1.00 e. The van der Waals surface area contributed by atoms with Crippen LogP contribution in [0.25, 0.3) is 0 Å². The number of amides is 3. The van der Waals surface area contributed by atoms with Crippen LogP contribution in [-0.2, 0) is 73.8 Å². The van der Waals surface area contributed by atoms with Crippen LogP contribution in [-0.4, -0.2) is 128 Å². The van der Waals surface area contributed by atoms with Crippen LogP contribution >= 0.6 is 47.8 Å². The summed E-state index contributed by atoms with van der Waals surface area (Å²) in [5, 5.41) is 67.8. The topological polar surface area (TPSA) is 341 Å². The van der Waals surface area contributed by atoms with Gasteiger partial charge < -0.3 is 70.0 Å². The maximum atomic E-state index is 12.0. The van der Waals surface area contributed by atoms with E-state index in [1.165, 1.54) is 16.7 Å². The minimum absolute atomic E-state index is 0. The standard InChI is InChI=1S/C18H22F3NO2.C16H27NO.C16H23NO.C11H11BrF3NO.C9H10BrNO.C9H9BrO2.C7H12O.C2H6O.CH2O3.5CH4.2K.H/c1-3-17(24,4-2)11-10-15-8-5-7-14(13-15)9-6-12-22-16(23)18(19,20)21;2*1-3-16(18,4-2)11-10-15-8-5-7-14(13-15)9-6-12-17;12-9-5-1-3-8(7-9)4-2-6-16-10(17)11(13,14)15;2*10-8-3-1-2-7(6-8)4-5-9(11)12;1-4-7(8,5-2)6-3;1-2-3;2-1-4-3;;;;;;;;/h5,7-8,13,24H,3-4,6,9,12H2,1-2H3,(H,22,23);5,7-8,13,18H,3-4,6,9-12,17H2,1-2H3;5,7-8,13,18H,3-4,6,9,12,17H2,1-2H3;1,3,5,7H,2,4,6H2,(H,16,17);1-3,6H,4-5H2,(H2,11,12);1-3,6H,4-5H2,(H,11,12);1,8H,5-6H2,2-3H3;3H,2H2,1H3;1,3H;5*1H4;;;/q;;;;;;;;;;;;;;2*+1;-1/p-1. The van der Waals surface area contributed by atoms with E-state index in [9.17, 15) is 65.9 Å². The van der Waals surface area contributed by atoms with E-state index in [1.54, 1.807) is 6.92 Å². The van der Waals surface area contributed by atoms with Gasteiger partial charge in [-0.1, -0.05) is 255 Å². The molecule has 0 radical (unpaired) electrons. The van der Waals surface area contributed by atoms with Gasteiger partial charge in [0.1, 0.15) is 16.8 Å². The zero-order valence-corrected chi connectivity index (χ0v) is 81.3. The summed E-state index contributed by atoms with van der Waals surface area (Å²) in [4.78, 5) is 53.1. The van der Waals surface area contributed by atoms with E-state index in [0.29, 0.717) is 83.6 Å². The second-order valence-electron chi connectivity index (χ2n) is 26.3. The SMILES string of the molecule is C.C.C.C.C.C#CC(O)(CC)CC.CCC(O)(C#Cc1cccc(CCCN)c1)CC.CCC(O)(C#Cc1cccc(CCCNC(=O)C(F)(F)F)c1)CC.CCC(O)(CC)CCc1cccc(CCCN)c1.CCO.NC(=O)CCc1cccc(Br)c1.O=C(NCCCc1cccc(Br)c1)C(F)(F)F.O=C(O)CCc1cccc(Br)c1.O=CO[O-].[H-].[K+].[K+]. The number of aliphatic hydroxyl groups is 5. The number of aliphatic hydroxyl groups excluding tert-OH is 1. The number of primary amides is 1. The molecule has 123 heavy (non-hydrogen) atoms. The number of hydrogen-bond donors (Lipinski definition) is 11. The van der Waals surface area contributed by atoms with Crippen LogP contribution in [0.4, 0.5) is 26.3 Å². The molecule has 0 unspecified atom stereocenters. The van der Waals surface area contributed by atoms with E-state index in [-0.39, 0.29) is 180 Å². The van der Waals surface area contributed by atoms with Crippen molar-refractivity contribution in [1.29, 1.82) is 0 Å². The molecule has 14 N–H and O–H groups in total. The summed E-state index contributed by atoms with van der Waals surface area (Å²) in [5.41, 5.74) is 22.6. The van der Waals surface area contributed by atoms with Crippen molar-refractivity contribution >= 4 is 78.0 Å². The van der Waals surface area contributed by atoms with Crippen LogP contribution in [0, 0.1) is 36.0 Å². The number of rotatable bonds is 32. The zero-order chi connectivity index (χ0) is 88.7. The average molecular weight is 1980 g/mol. The average Bonchev–Trinajstić information content (AvgIpc) is 0.900. The van der Waals surface area contributed by atoms with Crippen molar-refractivity contribution in [3.63, 3.8) is 0 Å². The molecule has 6 aromatic carbocycles. The number of nitrogens with one attached hydrogen (secondary N) is 2. The smallest absolute Gasteiger partial charge is 1.00 e. The van der Waals surface area contributed by atoms with E-state index >= 15 is 0 Å². The molecule has 29 heteroatoms. The first kappa shape index (κ1) is 139. The number of carboxylic acid groups (broad SMARTS) is 1. The number of carboxylic acids is 1. The third-order valence-corrected chi connectivity index (χ3v) is 18.9. The number of benzene rings is 6. The summed E-state index contributed by atoms with van der Waals surface area (Å²) >= 11 is 9.98. The van der Waals surface area contributed by atoms with Gasteiger partial charge in [0.05, 0.1) is 5.60 Å². The Bertz CT molecular complexity index is 3840. The molecule has 0 aliphatic carbocycles. The molecule has 0 atom stereocenters. The van der Waals surface area contributed by atoms with Crippen molar-refractivity contribution in [3.8, 4) is 36.0 Å². The molecule has 6 aromatic rings. The third-order valence-electron chi connectivity index (χ3n) is 17.4. The summed E-state index contributed by atoms with van der Waals surface area (Å²) < 4.78 is 74.6. The molecule has 0 aliphatic rings. The van der Waals surface area contributed by atoms with E-state index < -0.39 is 52.5 Å². The van der Waals surface area contributed by atoms with E-state index in [4.69, 9.17) is 43.9 Å². The number of carbonyl (C=O) groups excluding carboxylic acids is 4. The number of alkyl halides is 6. The second-order valence-corrected chi connectivity index (χ2v) is 29.0. The number of halogens is 9. The number of nitrogens with two attached hydrogens (primary N) is 3. The first-order chi connectivity index (χ1) is 54.7. The molecule has 3 amide bonds.